The zero-order valence-electron chi connectivity index (χ0n) is 10.3. The largest absolute Gasteiger partial charge is 0.489 e. The molecule has 3 heteroatoms. The number of halogens is 1. The molecule has 0 radical (unpaired) electrons. The van der Waals surface area contributed by atoms with E-state index in [4.69, 9.17) is 9.84 Å². The Balaban J connectivity index is 2.01. The highest BCUT2D eigenvalue weighted by atomic mass is 19.1. The van der Waals surface area contributed by atoms with E-state index < -0.39 is 0 Å². The molecule has 2 aromatic carbocycles. The zero-order valence-corrected chi connectivity index (χ0v) is 10.3. The highest BCUT2D eigenvalue weighted by Gasteiger charge is 1.97. The van der Waals surface area contributed by atoms with Crippen LogP contribution in [-0.4, -0.2) is 11.7 Å². The first-order chi connectivity index (χ1) is 9.28. The summed E-state index contributed by atoms with van der Waals surface area (Å²) in [5, 5.41) is 8.64. The molecule has 96 valence electrons. The van der Waals surface area contributed by atoms with Crippen LogP contribution in [0.15, 0.2) is 48.5 Å². The van der Waals surface area contributed by atoms with Crippen LogP contribution in [0, 0.1) is 17.7 Å². The van der Waals surface area contributed by atoms with Crippen molar-refractivity contribution in [2.75, 3.05) is 6.61 Å². The van der Waals surface area contributed by atoms with E-state index in [0.29, 0.717) is 12.4 Å². The number of rotatable bonds is 3. The van der Waals surface area contributed by atoms with Crippen LogP contribution in [0.5, 0.6) is 5.75 Å². The van der Waals surface area contributed by atoms with E-state index in [0.717, 1.165) is 11.1 Å². The highest BCUT2D eigenvalue weighted by Crippen LogP contribution is 2.14. The van der Waals surface area contributed by atoms with Gasteiger partial charge in [0.25, 0.3) is 0 Å². The second kappa shape index (κ2) is 6.58. The summed E-state index contributed by atoms with van der Waals surface area (Å²) in [7, 11) is 0. The summed E-state index contributed by atoms with van der Waals surface area (Å²) in [6, 6.07) is 13.5. The van der Waals surface area contributed by atoms with Crippen LogP contribution in [0.2, 0.25) is 0 Å². The van der Waals surface area contributed by atoms with E-state index in [1.165, 1.54) is 12.1 Å². The molecular formula is C16H13FO2. The Kier molecular flexibility index (Phi) is 4.54. The van der Waals surface area contributed by atoms with Crippen molar-refractivity contribution in [3.05, 3.63) is 65.5 Å². The normalized spacial score (nSPS) is 9.58. The van der Waals surface area contributed by atoms with Gasteiger partial charge >= 0.3 is 0 Å². The summed E-state index contributed by atoms with van der Waals surface area (Å²) in [6.07, 6.45) is 0. The number of hydrogen-bond donors (Lipinski definition) is 1. The number of hydrogen-bond acceptors (Lipinski definition) is 2. The molecule has 0 heterocycles. The van der Waals surface area contributed by atoms with Gasteiger partial charge in [-0.2, -0.15) is 0 Å². The molecule has 0 saturated heterocycles. The maximum Gasteiger partial charge on any atom is 0.123 e. The highest BCUT2D eigenvalue weighted by molar-refractivity contribution is 5.39. The first-order valence-electron chi connectivity index (χ1n) is 5.85. The van der Waals surface area contributed by atoms with Gasteiger partial charge < -0.3 is 9.84 Å². The summed E-state index contributed by atoms with van der Waals surface area (Å²) < 4.78 is 18.3. The van der Waals surface area contributed by atoms with Crippen molar-refractivity contribution < 1.29 is 14.2 Å². The lowest BCUT2D eigenvalue weighted by Crippen LogP contribution is -1.95. The zero-order chi connectivity index (χ0) is 13.5. The topological polar surface area (TPSA) is 29.5 Å². The van der Waals surface area contributed by atoms with E-state index >= 15 is 0 Å². The van der Waals surface area contributed by atoms with Crippen molar-refractivity contribution in [3.63, 3.8) is 0 Å². The smallest absolute Gasteiger partial charge is 0.123 e. The maximum atomic E-state index is 12.7. The molecule has 0 bridgehead atoms. The van der Waals surface area contributed by atoms with Gasteiger partial charge in [0.1, 0.15) is 24.8 Å². The number of aliphatic hydroxyl groups is 1. The minimum Gasteiger partial charge on any atom is -0.489 e. The molecule has 0 saturated carbocycles. The van der Waals surface area contributed by atoms with Crippen LogP contribution in [0.4, 0.5) is 4.39 Å². The standard InChI is InChI=1S/C16H13FO2/c17-15-8-6-14(7-9-15)12-19-16-5-1-3-13(11-16)4-2-10-18/h1,3,5-9,11,18H,10,12H2. The first kappa shape index (κ1) is 13.1. The predicted molar refractivity (Wildman–Crippen MR) is 71.1 cm³/mol. The molecule has 1 N–H and O–H groups in total. The molecule has 0 aliphatic rings. The van der Waals surface area contributed by atoms with Crippen LogP contribution >= 0.6 is 0 Å². The SMILES string of the molecule is OCC#Cc1cccc(OCc2ccc(F)cc2)c1. The van der Waals surface area contributed by atoms with Crippen molar-refractivity contribution in [2.45, 2.75) is 6.61 Å². The number of benzene rings is 2. The summed E-state index contributed by atoms with van der Waals surface area (Å²) in [4.78, 5) is 0. The lowest BCUT2D eigenvalue weighted by molar-refractivity contribution is 0.306. The van der Waals surface area contributed by atoms with Gasteiger partial charge in [0.05, 0.1) is 0 Å². The Bertz CT molecular complexity index is 594. The summed E-state index contributed by atoms with van der Waals surface area (Å²) >= 11 is 0. The van der Waals surface area contributed by atoms with Gasteiger partial charge in [-0.25, -0.2) is 4.39 Å². The average Bonchev–Trinajstić information content (AvgIpc) is 2.45. The van der Waals surface area contributed by atoms with Crippen LogP contribution in [0.3, 0.4) is 0 Å². The molecule has 0 atom stereocenters. The predicted octanol–water partition coefficient (Wildman–Crippen LogP) is 2.75. The van der Waals surface area contributed by atoms with Crippen molar-refractivity contribution in [1.82, 2.24) is 0 Å². The summed E-state index contributed by atoms with van der Waals surface area (Å²) in [5.74, 6) is 5.82. The van der Waals surface area contributed by atoms with Crippen LogP contribution < -0.4 is 4.74 Å². The third kappa shape index (κ3) is 4.13. The second-order valence-electron chi connectivity index (χ2n) is 3.90. The second-order valence-corrected chi connectivity index (χ2v) is 3.90. The molecule has 0 amide bonds. The Hall–Kier alpha value is -2.31. The Morgan fingerprint density at radius 2 is 1.89 bits per heavy atom. The molecule has 2 rings (SSSR count). The fraction of sp³-hybridized carbons (Fsp3) is 0.125. The first-order valence-corrected chi connectivity index (χ1v) is 5.85. The minimum absolute atomic E-state index is 0.166. The average molecular weight is 256 g/mol. The molecule has 0 unspecified atom stereocenters. The molecule has 19 heavy (non-hydrogen) atoms. The van der Waals surface area contributed by atoms with E-state index in [1.54, 1.807) is 18.2 Å². The lowest BCUT2D eigenvalue weighted by atomic mass is 10.2. The number of ether oxygens (including phenoxy) is 1. The third-order valence-electron chi connectivity index (χ3n) is 2.46. The van der Waals surface area contributed by atoms with Crippen LogP contribution in [0.25, 0.3) is 0 Å². The summed E-state index contributed by atoms with van der Waals surface area (Å²) in [6.45, 7) is 0.206. The molecule has 2 nitrogen and oxygen atoms in total. The van der Waals surface area contributed by atoms with E-state index in [-0.39, 0.29) is 12.4 Å². The van der Waals surface area contributed by atoms with Crippen molar-refractivity contribution in [1.29, 1.82) is 0 Å². The van der Waals surface area contributed by atoms with Gasteiger partial charge in [-0.3, -0.25) is 0 Å². The van der Waals surface area contributed by atoms with Crippen LogP contribution in [0.1, 0.15) is 11.1 Å². The Morgan fingerprint density at radius 1 is 1.11 bits per heavy atom. The van der Waals surface area contributed by atoms with Gasteiger partial charge in [0.2, 0.25) is 0 Å². The quantitative estimate of drug-likeness (QED) is 0.856. The molecule has 0 spiro atoms. The summed E-state index contributed by atoms with van der Waals surface area (Å²) in [5.41, 5.74) is 1.68. The number of aliphatic hydroxyl groups excluding tert-OH is 1. The van der Waals surface area contributed by atoms with E-state index in [1.807, 2.05) is 18.2 Å². The van der Waals surface area contributed by atoms with Crippen LogP contribution in [-0.2, 0) is 6.61 Å². The maximum absolute atomic E-state index is 12.7. The minimum atomic E-state index is -0.259. The van der Waals surface area contributed by atoms with Crippen molar-refractivity contribution in [2.24, 2.45) is 0 Å². The molecule has 0 fully saturated rings. The van der Waals surface area contributed by atoms with Gasteiger partial charge in [-0.1, -0.05) is 30.0 Å². The van der Waals surface area contributed by atoms with Gasteiger partial charge in [-0.05, 0) is 35.9 Å². The van der Waals surface area contributed by atoms with Gasteiger partial charge in [0, 0.05) is 5.56 Å². The molecule has 0 aliphatic carbocycles. The van der Waals surface area contributed by atoms with E-state index in [2.05, 4.69) is 11.8 Å². The Morgan fingerprint density at radius 3 is 2.63 bits per heavy atom. The fourth-order valence-corrected chi connectivity index (χ4v) is 1.55. The molecule has 0 aromatic heterocycles. The monoisotopic (exact) mass is 256 g/mol. The lowest BCUT2D eigenvalue weighted by Gasteiger charge is -2.06. The van der Waals surface area contributed by atoms with Crippen molar-refractivity contribution >= 4 is 0 Å². The van der Waals surface area contributed by atoms with Gasteiger partial charge in [0.15, 0.2) is 0 Å². The fourth-order valence-electron chi connectivity index (χ4n) is 1.55. The molecule has 0 aliphatic heterocycles. The van der Waals surface area contributed by atoms with Crippen molar-refractivity contribution in [3.8, 4) is 17.6 Å². The van der Waals surface area contributed by atoms with Gasteiger partial charge in [-0.15, -0.1) is 0 Å². The third-order valence-corrected chi connectivity index (χ3v) is 2.46. The molecular weight excluding hydrogens is 243 g/mol. The Labute approximate surface area is 111 Å². The van der Waals surface area contributed by atoms with E-state index in [9.17, 15) is 4.39 Å². The molecule has 2 aromatic rings.